The highest BCUT2D eigenvalue weighted by atomic mass is 16.5. The van der Waals surface area contributed by atoms with E-state index in [1.165, 1.54) is 12.8 Å². The number of ether oxygens (including phenoxy) is 1. The minimum Gasteiger partial charge on any atom is -0.481 e. The van der Waals surface area contributed by atoms with Crippen molar-refractivity contribution < 1.29 is 9.84 Å². The van der Waals surface area contributed by atoms with E-state index in [9.17, 15) is 5.11 Å². The molecule has 1 aromatic heterocycles. The van der Waals surface area contributed by atoms with Crippen LogP contribution in [0.1, 0.15) is 24.8 Å². The van der Waals surface area contributed by atoms with Gasteiger partial charge in [-0.2, -0.15) is 0 Å². The number of hydrogen-bond donors (Lipinski definition) is 1. The second-order valence-corrected chi connectivity index (χ2v) is 7.79. The van der Waals surface area contributed by atoms with Gasteiger partial charge in [0.05, 0.1) is 12.6 Å². The summed E-state index contributed by atoms with van der Waals surface area (Å²) >= 11 is 0. The maximum atomic E-state index is 11.3. The molecule has 6 rings (SSSR count). The molecule has 0 spiro atoms. The Hall–Kier alpha value is -2.43. The van der Waals surface area contributed by atoms with Crippen LogP contribution in [0.15, 0.2) is 54.6 Å². The molecule has 4 nitrogen and oxygen atoms in total. The van der Waals surface area contributed by atoms with Gasteiger partial charge >= 0.3 is 0 Å². The molecule has 4 heteroatoms. The van der Waals surface area contributed by atoms with Gasteiger partial charge in [0.1, 0.15) is 5.72 Å². The van der Waals surface area contributed by atoms with Crippen molar-refractivity contribution in [1.29, 1.82) is 0 Å². The Morgan fingerprint density at radius 3 is 2.41 bits per heavy atom. The Morgan fingerprint density at radius 2 is 1.74 bits per heavy atom. The van der Waals surface area contributed by atoms with Crippen molar-refractivity contribution in [2.45, 2.75) is 25.0 Å². The van der Waals surface area contributed by atoms with Crippen LogP contribution in [0.5, 0.6) is 5.88 Å². The molecule has 3 aromatic rings. The molecule has 27 heavy (non-hydrogen) atoms. The predicted octanol–water partition coefficient (Wildman–Crippen LogP) is 4.17. The van der Waals surface area contributed by atoms with Gasteiger partial charge in [-0.05, 0) is 60.1 Å². The monoisotopic (exact) mass is 360 g/mol. The summed E-state index contributed by atoms with van der Waals surface area (Å²) in [6.07, 6.45) is 3.29. The molecule has 0 aliphatic carbocycles. The second kappa shape index (κ2) is 6.32. The topological polar surface area (TPSA) is 45.6 Å². The first-order valence-corrected chi connectivity index (χ1v) is 9.69. The number of piperidine rings is 3. The molecule has 1 atom stereocenters. The SMILES string of the molecule is COc1ccc2cc(-c3ccc(C4(O)CC5CCN4CC5)cc3)ccc2n1. The summed E-state index contributed by atoms with van der Waals surface area (Å²) in [6, 6.07) is 18.6. The smallest absolute Gasteiger partial charge is 0.213 e. The Bertz CT molecular complexity index is 977. The van der Waals surface area contributed by atoms with Crippen LogP contribution in [0.3, 0.4) is 0 Å². The Balaban J connectivity index is 1.46. The molecule has 0 radical (unpaired) electrons. The zero-order chi connectivity index (χ0) is 18.4. The van der Waals surface area contributed by atoms with Crippen LogP contribution in [0.25, 0.3) is 22.0 Å². The number of aliphatic hydroxyl groups is 1. The van der Waals surface area contributed by atoms with Gasteiger partial charge in [0.25, 0.3) is 0 Å². The highest BCUT2D eigenvalue weighted by Crippen LogP contribution is 2.43. The fourth-order valence-electron chi connectivity index (χ4n) is 4.67. The van der Waals surface area contributed by atoms with Gasteiger partial charge in [-0.3, -0.25) is 4.90 Å². The molecular weight excluding hydrogens is 336 g/mol. The average Bonchev–Trinajstić information content (AvgIpc) is 2.74. The van der Waals surface area contributed by atoms with E-state index in [1.807, 2.05) is 18.2 Å². The molecule has 1 unspecified atom stereocenters. The number of benzene rings is 2. The van der Waals surface area contributed by atoms with E-state index in [-0.39, 0.29) is 0 Å². The van der Waals surface area contributed by atoms with Crippen LogP contribution in [0.4, 0.5) is 0 Å². The summed E-state index contributed by atoms with van der Waals surface area (Å²) in [5.74, 6) is 1.29. The van der Waals surface area contributed by atoms with Gasteiger partial charge in [0, 0.05) is 24.5 Å². The summed E-state index contributed by atoms with van der Waals surface area (Å²) in [6.45, 7) is 2.01. The van der Waals surface area contributed by atoms with Crippen molar-refractivity contribution in [3.63, 3.8) is 0 Å². The quantitative estimate of drug-likeness (QED) is 0.761. The van der Waals surface area contributed by atoms with Gasteiger partial charge in [0.15, 0.2) is 0 Å². The van der Waals surface area contributed by atoms with Crippen LogP contribution >= 0.6 is 0 Å². The third kappa shape index (κ3) is 2.80. The number of rotatable bonds is 3. The fraction of sp³-hybridized carbons (Fsp3) is 0.348. The molecule has 138 valence electrons. The first-order chi connectivity index (χ1) is 13.2. The molecule has 1 N–H and O–H groups in total. The van der Waals surface area contributed by atoms with E-state index >= 15 is 0 Å². The molecule has 2 bridgehead atoms. The lowest BCUT2D eigenvalue weighted by atomic mass is 9.78. The van der Waals surface area contributed by atoms with Crippen molar-refractivity contribution in [3.05, 3.63) is 60.2 Å². The molecule has 3 aliphatic heterocycles. The third-order valence-corrected chi connectivity index (χ3v) is 6.26. The van der Waals surface area contributed by atoms with E-state index in [2.05, 4.69) is 46.3 Å². The van der Waals surface area contributed by atoms with Gasteiger partial charge in [0.2, 0.25) is 5.88 Å². The average molecular weight is 360 g/mol. The van der Waals surface area contributed by atoms with E-state index in [1.54, 1.807) is 7.11 Å². The lowest BCUT2D eigenvalue weighted by molar-refractivity contribution is -0.180. The van der Waals surface area contributed by atoms with Crippen LogP contribution < -0.4 is 4.74 Å². The Kier molecular flexibility index (Phi) is 3.92. The van der Waals surface area contributed by atoms with E-state index in [0.29, 0.717) is 11.8 Å². The molecule has 4 heterocycles. The number of nitrogens with zero attached hydrogens (tertiary/aromatic N) is 2. The number of pyridine rings is 1. The summed E-state index contributed by atoms with van der Waals surface area (Å²) in [4.78, 5) is 6.72. The summed E-state index contributed by atoms with van der Waals surface area (Å²) in [7, 11) is 1.63. The second-order valence-electron chi connectivity index (χ2n) is 7.79. The normalized spacial score (nSPS) is 27.0. The van der Waals surface area contributed by atoms with Gasteiger partial charge in [-0.25, -0.2) is 4.98 Å². The first kappa shape index (κ1) is 16.7. The molecule has 3 saturated heterocycles. The molecule has 0 saturated carbocycles. The number of aromatic nitrogens is 1. The Labute approximate surface area is 159 Å². The lowest BCUT2D eigenvalue weighted by Crippen LogP contribution is -2.56. The van der Waals surface area contributed by atoms with E-state index in [4.69, 9.17) is 4.74 Å². The predicted molar refractivity (Wildman–Crippen MR) is 107 cm³/mol. The number of hydrogen-bond acceptors (Lipinski definition) is 4. The fourth-order valence-corrected chi connectivity index (χ4v) is 4.67. The van der Waals surface area contributed by atoms with Gasteiger partial charge in [-0.1, -0.05) is 30.3 Å². The van der Waals surface area contributed by atoms with Crippen molar-refractivity contribution in [2.24, 2.45) is 5.92 Å². The number of fused-ring (bicyclic) bond motifs is 4. The van der Waals surface area contributed by atoms with Crippen LogP contribution in [-0.4, -0.2) is 35.2 Å². The van der Waals surface area contributed by atoms with E-state index in [0.717, 1.165) is 47.1 Å². The lowest BCUT2D eigenvalue weighted by Gasteiger charge is -2.51. The minimum absolute atomic E-state index is 0.629. The molecule has 3 fully saturated rings. The zero-order valence-corrected chi connectivity index (χ0v) is 15.6. The van der Waals surface area contributed by atoms with E-state index < -0.39 is 5.72 Å². The number of methoxy groups -OCH3 is 1. The summed E-state index contributed by atoms with van der Waals surface area (Å²) < 4.78 is 5.20. The highest BCUT2D eigenvalue weighted by molar-refractivity contribution is 5.84. The maximum absolute atomic E-state index is 11.3. The largest absolute Gasteiger partial charge is 0.481 e. The van der Waals surface area contributed by atoms with Gasteiger partial charge in [-0.15, -0.1) is 0 Å². The molecule has 3 aliphatic rings. The van der Waals surface area contributed by atoms with Crippen LogP contribution in [0, 0.1) is 5.92 Å². The van der Waals surface area contributed by atoms with Crippen LogP contribution in [-0.2, 0) is 5.72 Å². The molecule has 0 amide bonds. The van der Waals surface area contributed by atoms with Crippen LogP contribution in [0.2, 0.25) is 0 Å². The third-order valence-electron chi connectivity index (χ3n) is 6.26. The highest BCUT2D eigenvalue weighted by Gasteiger charge is 2.45. The molecule has 2 aromatic carbocycles. The van der Waals surface area contributed by atoms with Crippen molar-refractivity contribution >= 4 is 10.9 Å². The minimum atomic E-state index is -0.788. The summed E-state index contributed by atoms with van der Waals surface area (Å²) in [5.41, 5.74) is 3.45. The van der Waals surface area contributed by atoms with Crippen molar-refractivity contribution in [2.75, 3.05) is 20.2 Å². The maximum Gasteiger partial charge on any atom is 0.213 e. The summed E-state index contributed by atoms with van der Waals surface area (Å²) in [5, 5.41) is 12.4. The van der Waals surface area contributed by atoms with Gasteiger partial charge < -0.3 is 9.84 Å². The first-order valence-electron chi connectivity index (χ1n) is 9.69. The van der Waals surface area contributed by atoms with Crippen molar-refractivity contribution in [1.82, 2.24) is 9.88 Å². The Morgan fingerprint density at radius 1 is 1.00 bits per heavy atom. The molecular formula is C23H24N2O2. The standard InChI is InChI=1S/C23H24N2O2/c1-27-22-9-5-19-14-18(4-8-21(19)24-22)17-2-6-20(7-3-17)23(26)15-16-10-12-25(23)13-11-16/h2-9,14,16,26H,10-13,15H2,1H3. The van der Waals surface area contributed by atoms with Crippen molar-refractivity contribution in [3.8, 4) is 17.0 Å². The zero-order valence-electron chi connectivity index (χ0n) is 15.6.